The summed E-state index contributed by atoms with van der Waals surface area (Å²) >= 11 is 2.80. The smallest absolute Gasteiger partial charge is 0.413 e. The van der Waals surface area contributed by atoms with E-state index in [4.69, 9.17) is 14.7 Å². The molecule has 0 unspecified atom stereocenters. The highest BCUT2D eigenvalue weighted by Gasteiger charge is 2.20. The summed E-state index contributed by atoms with van der Waals surface area (Å²) in [4.78, 5) is 31.6. The van der Waals surface area contributed by atoms with E-state index in [2.05, 4.69) is 18.7 Å². The number of nitrogens with zero attached hydrogens (tertiary/aromatic N) is 3. The number of thiazole rings is 1. The molecule has 0 bridgehead atoms. The number of ether oxygens (including phenoxy) is 1. The molecule has 2 N–H and O–H groups in total. The molecular formula is C12H15IN4O5S. The van der Waals surface area contributed by atoms with Gasteiger partial charge < -0.3 is 14.7 Å². The zero-order valence-corrected chi connectivity index (χ0v) is 15.5. The number of carboxylic acids is 1. The van der Waals surface area contributed by atoms with Gasteiger partial charge in [0.1, 0.15) is 11.3 Å². The summed E-state index contributed by atoms with van der Waals surface area (Å²) in [5.41, 5.74) is -0.952. The van der Waals surface area contributed by atoms with Gasteiger partial charge in [-0.25, -0.2) is 17.8 Å². The molecule has 1 aromatic rings. The zero-order valence-electron chi connectivity index (χ0n) is 12.6. The summed E-state index contributed by atoms with van der Waals surface area (Å²) < 4.78 is 8.73. The number of anilines is 1. The molecule has 1 amide bonds. The summed E-state index contributed by atoms with van der Waals surface area (Å²) in [6.45, 7) is 5.22. The van der Waals surface area contributed by atoms with Crippen molar-refractivity contribution in [1.82, 2.24) is 4.98 Å². The van der Waals surface area contributed by atoms with Crippen LogP contribution in [0, 0.1) is 0 Å². The average Bonchev–Trinajstić information content (AvgIpc) is 2.84. The van der Waals surface area contributed by atoms with Crippen molar-refractivity contribution in [3.63, 3.8) is 0 Å². The van der Waals surface area contributed by atoms with Gasteiger partial charge in [-0.15, -0.1) is 11.3 Å². The Morgan fingerprint density at radius 1 is 1.52 bits per heavy atom. The largest absolute Gasteiger partial charge is 0.476 e. The Morgan fingerprint density at radius 2 is 2.22 bits per heavy atom. The van der Waals surface area contributed by atoms with Gasteiger partial charge in [-0.3, -0.25) is 5.32 Å². The Kier molecular flexibility index (Phi) is 7.35. The first-order valence-corrected chi connectivity index (χ1v) is 8.09. The van der Waals surface area contributed by atoms with E-state index in [1.165, 1.54) is 11.6 Å². The van der Waals surface area contributed by atoms with Crippen LogP contribution < -0.4 is 5.32 Å². The lowest BCUT2D eigenvalue weighted by Crippen LogP contribution is -2.27. The first-order chi connectivity index (χ1) is 10.7. The van der Waals surface area contributed by atoms with E-state index in [1.807, 2.05) is 0 Å². The normalized spacial score (nSPS) is 12.3. The van der Waals surface area contributed by atoms with E-state index in [-0.39, 0.29) is 23.1 Å². The van der Waals surface area contributed by atoms with Crippen LogP contribution in [0.25, 0.3) is 0 Å². The number of nitrogens with one attached hydrogen (secondary N) is 1. The van der Waals surface area contributed by atoms with Crippen LogP contribution in [-0.2, 0) is 14.4 Å². The maximum absolute atomic E-state index is 11.6. The molecule has 0 saturated carbocycles. The van der Waals surface area contributed by atoms with Crippen LogP contribution in [0.1, 0.15) is 26.5 Å². The van der Waals surface area contributed by atoms with Gasteiger partial charge in [0.2, 0.25) is 5.71 Å². The van der Waals surface area contributed by atoms with Gasteiger partial charge in [-0.2, -0.15) is 0 Å². The minimum Gasteiger partial charge on any atom is -0.476 e. The molecule has 0 saturated heterocycles. The van der Waals surface area contributed by atoms with Crippen LogP contribution in [0.3, 0.4) is 0 Å². The van der Waals surface area contributed by atoms with Crippen molar-refractivity contribution in [2.75, 3.05) is 11.9 Å². The number of aromatic nitrogens is 1. The molecule has 9 nitrogen and oxygen atoms in total. The zero-order chi connectivity index (χ0) is 17.5. The number of hydrogen-bond acceptors (Lipinski definition) is 8. The van der Waals surface area contributed by atoms with E-state index in [0.29, 0.717) is 0 Å². The van der Waals surface area contributed by atoms with Crippen molar-refractivity contribution in [2.24, 2.45) is 8.36 Å². The van der Waals surface area contributed by atoms with Crippen LogP contribution in [0.5, 0.6) is 0 Å². The van der Waals surface area contributed by atoms with E-state index in [0.717, 1.165) is 11.3 Å². The molecule has 0 aliphatic rings. The van der Waals surface area contributed by atoms with Gasteiger partial charge in [0.15, 0.2) is 11.7 Å². The van der Waals surface area contributed by atoms with Gasteiger partial charge >= 0.3 is 12.1 Å². The predicted molar refractivity (Wildman–Crippen MR) is 94.6 cm³/mol. The molecule has 1 rings (SSSR count). The minimum atomic E-state index is -1.30. The molecule has 0 fully saturated rings. The summed E-state index contributed by atoms with van der Waals surface area (Å²) in [6, 6.07) is 0. The molecule has 1 heterocycles. The van der Waals surface area contributed by atoms with Crippen LogP contribution >= 0.6 is 34.2 Å². The summed E-state index contributed by atoms with van der Waals surface area (Å²) in [5.74, 6) is -1.30. The second kappa shape index (κ2) is 8.76. The third kappa shape index (κ3) is 7.36. The predicted octanol–water partition coefficient (Wildman–Crippen LogP) is 2.72. The van der Waals surface area contributed by atoms with E-state index < -0.39 is 17.7 Å². The van der Waals surface area contributed by atoms with Gasteiger partial charge in [0.05, 0.1) is 29.1 Å². The van der Waals surface area contributed by atoms with Gasteiger partial charge in [0.25, 0.3) is 0 Å². The highest BCUT2D eigenvalue weighted by Crippen LogP contribution is 2.18. The lowest BCUT2D eigenvalue weighted by atomic mass is 10.2. The number of carboxylic acid groups (broad SMARTS) is 1. The second-order valence-corrected chi connectivity index (χ2v) is 6.40. The number of hydrogen-bond donors (Lipinski definition) is 2. The molecule has 23 heavy (non-hydrogen) atoms. The van der Waals surface area contributed by atoms with Gasteiger partial charge in [-0.05, 0) is 20.8 Å². The third-order valence-electron chi connectivity index (χ3n) is 1.93. The molecule has 0 aliphatic heterocycles. The number of halogens is 1. The topological polar surface area (TPSA) is 122 Å². The number of aliphatic carboxylic acids is 1. The van der Waals surface area contributed by atoms with E-state index in [1.54, 1.807) is 43.6 Å². The van der Waals surface area contributed by atoms with Gasteiger partial charge in [0, 0.05) is 5.38 Å². The lowest BCUT2D eigenvalue weighted by Gasteiger charge is -2.18. The Balaban J connectivity index is 2.79. The van der Waals surface area contributed by atoms with Crippen molar-refractivity contribution >= 4 is 63.3 Å². The SMILES string of the molecule is CC(C)(C)OC(=O)Nc1nc(/C(=N/OCC=NI)C(=O)O)cs1. The van der Waals surface area contributed by atoms with E-state index >= 15 is 0 Å². The maximum Gasteiger partial charge on any atom is 0.413 e. The fourth-order valence-electron chi connectivity index (χ4n) is 1.19. The van der Waals surface area contributed by atoms with Crippen molar-refractivity contribution in [3.8, 4) is 0 Å². The number of carbonyl (C=O) groups is 2. The Bertz CT molecular complexity index is 623. The van der Waals surface area contributed by atoms with Crippen LogP contribution in [0.15, 0.2) is 13.7 Å². The number of oxime groups is 1. The Labute approximate surface area is 150 Å². The van der Waals surface area contributed by atoms with Crippen molar-refractivity contribution in [2.45, 2.75) is 26.4 Å². The molecule has 126 valence electrons. The monoisotopic (exact) mass is 454 g/mol. The van der Waals surface area contributed by atoms with Crippen molar-refractivity contribution in [1.29, 1.82) is 0 Å². The average molecular weight is 454 g/mol. The van der Waals surface area contributed by atoms with Crippen molar-refractivity contribution in [3.05, 3.63) is 11.1 Å². The molecule has 0 aliphatic carbocycles. The summed E-state index contributed by atoms with van der Waals surface area (Å²) in [6.07, 6.45) is 0.738. The summed E-state index contributed by atoms with van der Waals surface area (Å²) in [7, 11) is 0. The molecule has 0 radical (unpaired) electrons. The highest BCUT2D eigenvalue weighted by molar-refractivity contribution is 14.1. The number of rotatable bonds is 6. The highest BCUT2D eigenvalue weighted by atomic mass is 127. The Morgan fingerprint density at radius 3 is 2.78 bits per heavy atom. The quantitative estimate of drug-likeness (QED) is 0.295. The third-order valence-corrected chi connectivity index (χ3v) is 3.08. The molecule has 1 aromatic heterocycles. The molecular weight excluding hydrogens is 439 g/mol. The molecule has 0 spiro atoms. The minimum absolute atomic E-state index is 0.0346. The van der Waals surface area contributed by atoms with Crippen LogP contribution in [0.4, 0.5) is 9.93 Å². The first kappa shape index (κ1) is 19.3. The standard InChI is InChI=1S/C12H15IN4O5S/c1-12(2,3)22-11(20)16-10-15-7(6-23-10)8(9(18)19)17-21-5-4-14-13/h4,6H,5H2,1-3H3,(H,18,19)(H,15,16,20)/b14-4?,17-8-. The summed E-state index contributed by atoms with van der Waals surface area (Å²) in [5, 5.41) is 16.7. The maximum atomic E-state index is 11.6. The van der Waals surface area contributed by atoms with Crippen LogP contribution in [-0.4, -0.2) is 46.3 Å². The van der Waals surface area contributed by atoms with Crippen molar-refractivity contribution < 1.29 is 24.3 Å². The molecule has 11 heteroatoms. The Hall–Kier alpha value is -1.76. The fourth-order valence-corrected chi connectivity index (χ4v) is 2.03. The van der Waals surface area contributed by atoms with E-state index in [9.17, 15) is 9.59 Å². The first-order valence-electron chi connectivity index (χ1n) is 6.25. The fraction of sp³-hybridized carbons (Fsp3) is 0.417. The van der Waals surface area contributed by atoms with Crippen LogP contribution in [0.2, 0.25) is 0 Å². The number of carbonyl (C=O) groups excluding carboxylic acids is 1. The molecule has 0 atom stereocenters. The number of amides is 1. The lowest BCUT2D eigenvalue weighted by molar-refractivity contribution is -0.129. The van der Waals surface area contributed by atoms with Gasteiger partial charge in [-0.1, -0.05) is 5.16 Å². The molecule has 0 aromatic carbocycles. The second-order valence-electron chi connectivity index (χ2n) is 4.99.